The number of fused-ring (bicyclic) bond motifs is 2. The Kier molecular flexibility index (Phi) is 5.86. The van der Waals surface area contributed by atoms with E-state index in [0.29, 0.717) is 17.8 Å². The SMILES string of the molecule is COc1ccc(NC(=S)N2[C@@H]3CCC[C@@H]2CC(NC(C)=O)C3)c(OC)c1. The van der Waals surface area contributed by atoms with Crippen LogP contribution in [0.1, 0.15) is 39.0 Å². The van der Waals surface area contributed by atoms with Crippen molar-refractivity contribution in [3.05, 3.63) is 18.2 Å². The van der Waals surface area contributed by atoms with Crippen LogP contribution in [-0.4, -0.2) is 48.3 Å². The van der Waals surface area contributed by atoms with Crippen molar-refractivity contribution in [2.45, 2.75) is 57.2 Å². The predicted molar refractivity (Wildman–Crippen MR) is 106 cm³/mol. The summed E-state index contributed by atoms with van der Waals surface area (Å²) in [5.74, 6) is 1.49. The molecule has 2 atom stereocenters. The Bertz CT molecular complexity index is 668. The molecule has 2 aliphatic rings. The quantitative estimate of drug-likeness (QED) is 0.787. The normalized spacial score (nSPS) is 24.6. The second-order valence-corrected chi connectivity index (χ2v) is 7.40. The molecule has 2 N–H and O–H groups in total. The summed E-state index contributed by atoms with van der Waals surface area (Å²) in [7, 11) is 3.27. The Labute approximate surface area is 160 Å². The Hall–Kier alpha value is -2.02. The van der Waals surface area contributed by atoms with Crippen LogP contribution in [-0.2, 0) is 4.79 Å². The molecular formula is C19H27N3O3S. The molecule has 2 bridgehead atoms. The highest BCUT2D eigenvalue weighted by molar-refractivity contribution is 7.80. The lowest BCUT2D eigenvalue weighted by atomic mass is 9.82. The fourth-order valence-electron chi connectivity index (χ4n) is 4.20. The van der Waals surface area contributed by atoms with Gasteiger partial charge in [-0.2, -0.15) is 0 Å². The van der Waals surface area contributed by atoms with Gasteiger partial charge in [0, 0.05) is 31.1 Å². The summed E-state index contributed by atoms with van der Waals surface area (Å²) < 4.78 is 10.7. The lowest BCUT2D eigenvalue weighted by Crippen LogP contribution is -2.59. The molecule has 1 aromatic rings. The van der Waals surface area contributed by atoms with Crippen LogP contribution in [0.3, 0.4) is 0 Å². The van der Waals surface area contributed by atoms with Gasteiger partial charge in [-0.1, -0.05) is 0 Å². The second-order valence-electron chi connectivity index (χ2n) is 7.01. The Morgan fingerprint density at radius 2 is 1.88 bits per heavy atom. The number of carbonyl (C=O) groups excluding carboxylic acids is 1. The van der Waals surface area contributed by atoms with Crippen molar-refractivity contribution in [2.75, 3.05) is 19.5 Å². The summed E-state index contributed by atoms with van der Waals surface area (Å²) in [5.41, 5.74) is 0.834. The highest BCUT2D eigenvalue weighted by Gasteiger charge is 2.39. The van der Waals surface area contributed by atoms with Gasteiger partial charge in [-0.15, -0.1) is 0 Å². The van der Waals surface area contributed by atoms with E-state index in [1.54, 1.807) is 21.1 Å². The van der Waals surface area contributed by atoms with E-state index in [-0.39, 0.29) is 11.9 Å². The maximum absolute atomic E-state index is 11.4. The monoisotopic (exact) mass is 377 g/mol. The van der Waals surface area contributed by atoms with Crippen LogP contribution in [0, 0.1) is 0 Å². The topological polar surface area (TPSA) is 62.8 Å². The summed E-state index contributed by atoms with van der Waals surface area (Å²) in [6.45, 7) is 1.59. The first-order chi connectivity index (χ1) is 12.5. The van der Waals surface area contributed by atoms with E-state index in [0.717, 1.165) is 42.2 Å². The molecule has 2 aliphatic heterocycles. The number of piperidine rings is 2. The van der Waals surface area contributed by atoms with E-state index in [1.807, 2.05) is 18.2 Å². The molecule has 0 aliphatic carbocycles. The Morgan fingerprint density at radius 3 is 2.46 bits per heavy atom. The molecule has 0 aromatic heterocycles. The van der Waals surface area contributed by atoms with Gasteiger partial charge >= 0.3 is 0 Å². The second kappa shape index (κ2) is 8.12. The highest BCUT2D eigenvalue weighted by atomic mass is 32.1. The Balaban J connectivity index is 1.73. The lowest BCUT2D eigenvalue weighted by molar-refractivity contribution is -0.120. The van der Waals surface area contributed by atoms with E-state index in [1.165, 1.54) is 6.42 Å². The third kappa shape index (κ3) is 4.03. The van der Waals surface area contributed by atoms with Crippen LogP contribution in [0.2, 0.25) is 0 Å². The number of hydrogen-bond donors (Lipinski definition) is 2. The van der Waals surface area contributed by atoms with Gasteiger partial charge in [-0.05, 0) is 56.5 Å². The van der Waals surface area contributed by atoms with Crippen molar-refractivity contribution in [3.63, 3.8) is 0 Å². The molecule has 6 nitrogen and oxygen atoms in total. The molecule has 1 aromatic carbocycles. The van der Waals surface area contributed by atoms with Crippen LogP contribution in [0.15, 0.2) is 18.2 Å². The molecule has 3 rings (SSSR count). The number of nitrogens with one attached hydrogen (secondary N) is 2. The van der Waals surface area contributed by atoms with Crippen molar-refractivity contribution in [2.24, 2.45) is 0 Å². The van der Waals surface area contributed by atoms with Crippen LogP contribution < -0.4 is 20.1 Å². The first-order valence-electron chi connectivity index (χ1n) is 9.10. The van der Waals surface area contributed by atoms with E-state index in [2.05, 4.69) is 15.5 Å². The molecule has 2 saturated heterocycles. The summed E-state index contributed by atoms with van der Waals surface area (Å²) >= 11 is 5.75. The number of methoxy groups -OCH3 is 2. The zero-order chi connectivity index (χ0) is 18.7. The van der Waals surface area contributed by atoms with E-state index in [4.69, 9.17) is 21.7 Å². The lowest BCUT2D eigenvalue weighted by Gasteiger charge is -2.50. The number of benzene rings is 1. The van der Waals surface area contributed by atoms with E-state index < -0.39 is 0 Å². The number of nitrogens with zero attached hydrogens (tertiary/aromatic N) is 1. The summed E-state index contributed by atoms with van der Waals surface area (Å²) in [5, 5.41) is 7.17. The van der Waals surface area contributed by atoms with E-state index in [9.17, 15) is 4.79 Å². The molecule has 7 heteroatoms. The summed E-state index contributed by atoms with van der Waals surface area (Å²) in [4.78, 5) is 13.8. The largest absolute Gasteiger partial charge is 0.497 e. The minimum Gasteiger partial charge on any atom is -0.497 e. The molecule has 2 fully saturated rings. The van der Waals surface area contributed by atoms with Crippen molar-refractivity contribution in [1.29, 1.82) is 0 Å². The van der Waals surface area contributed by atoms with Crippen LogP contribution in [0.5, 0.6) is 11.5 Å². The van der Waals surface area contributed by atoms with Gasteiger partial charge in [0.2, 0.25) is 5.91 Å². The molecule has 0 spiro atoms. The average molecular weight is 378 g/mol. The standard InChI is InChI=1S/C19H27N3O3S/c1-12(23)20-13-9-14-5-4-6-15(10-13)22(14)19(26)21-17-8-7-16(24-2)11-18(17)25-3/h7-8,11,13-15H,4-6,9-10H2,1-3H3,(H,20,23)(H,21,26)/t14-,15-/m1/s1. The average Bonchev–Trinajstić information content (AvgIpc) is 2.60. The molecule has 2 heterocycles. The van der Waals surface area contributed by atoms with E-state index >= 15 is 0 Å². The van der Waals surface area contributed by atoms with Gasteiger partial charge in [0.05, 0.1) is 19.9 Å². The van der Waals surface area contributed by atoms with Gasteiger partial charge in [0.1, 0.15) is 11.5 Å². The molecule has 0 radical (unpaired) electrons. The van der Waals surface area contributed by atoms with Gasteiger partial charge in [-0.3, -0.25) is 4.79 Å². The zero-order valence-electron chi connectivity index (χ0n) is 15.6. The predicted octanol–water partition coefficient (Wildman–Crippen LogP) is 2.92. The minimum absolute atomic E-state index is 0.0465. The summed E-state index contributed by atoms with van der Waals surface area (Å²) in [6.07, 6.45) is 5.31. The Morgan fingerprint density at radius 1 is 1.19 bits per heavy atom. The maximum Gasteiger partial charge on any atom is 0.217 e. The fourth-order valence-corrected chi connectivity index (χ4v) is 4.61. The van der Waals surface area contributed by atoms with Crippen LogP contribution >= 0.6 is 12.2 Å². The van der Waals surface area contributed by atoms with Crippen LogP contribution in [0.25, 0.3) is 0 Å². The molecule has 1 amide bonds. The fraction of sp³-hybridized carbons (Fsp3) is 0.579. The van der Waals surface area contributed by atoms with Crippen molar-refractivity contribution < 1.29 is 14.3 Å². The summed E-state index contributed by atoms with van der Waals surface area (Å²) in [6, 6.07) is 6.63. The number of rotatable bonds is 4. The third-order valence-electron chi connectivity index (χ3n) is 5.27. The number of thiocarbonyl (C=S) groups is 1. The van der Waals surface area contributed by atoms with Gasteiger partial charge < -0.3 is 25.0 Å². The number of anilines is 1. The number of hydrogen-bond acceptors (Lipinski definition) is 4. The molecular weight excluding hydrogens is 350 g/mol. The minimum atomic E-state index is 0.0465. The first kappa shape index (κ1) is 18.8. The zero-order valence-corrected chi connectivity index (χ0v) is 16.4. The van der Waals surface area contributed by atoms with Crippen molar-refractivity contribution in [3.8, 4) is 11.5 Å². The molecule has 0 saturated carbocycles. The smallest absolute Gasteiger partial charge is 0.217 e. The van der Waals surface area contributed by atoms with Gasteiger partial charge in [-0.25, -0.2) is 0 Å². The number of carbonyl (C=O) groups is 1. The van der Waals surface area contributed by atoms with Gasteiger partial charge in [0.15, 0.2) is 5.11 Å². The third-order valence-corrected chi connectivity index (χ3v) is 5.58. The maximum atomic E-state index is 11.4. The molecule has 142 valence electrons. The highest BCUT2D eigenvalue weighted by Crippen LogP contribution is 2.36. The number of ether oxygens (including phenoxy) is 2. The van der Waals surface area contributed by atoms with Crippen molar-refractivity contribution >= 4 is 28.9 Å². The molecule has 26 heavy (non-hydrogen) atoms. The molecule has 0 unspecified atom stereocenters. The first-order valence-corrected chi connectivity index (χ1v) is 9.51. The van der Waals surface area contributed by atoms with Crippen molar-refractivity contribution in [1.82, 2.24) is 10.2 Å². The number of amides is 1. The van der Waals surface area contributed by atoms with Crippen LogP contribution in [0.4, 0.5) is 5.69 Å². The van der Waals surface area contributed by atoms with Gasteiger partial charge in [0.25, 0.3) is 0 Å².